The minimum atomic E-state index is -0.698. The second kappa shape index (κ2) is 5.58. The molecule has 9 heteroatoms. The van der Waals surface area contributed by atoms with Gasteiger partial charge in [0.2, 0.25) is 0 Å². The third kappa shape index (κ3) is 2.59. The highest BCUT2D eigenvalue weighted by Gasteiger charge is 2.30. The van der Waals surface area contributed by atoms with E-state index >= 15 is 0 Å². The lowest BCUT2D eigenvalue weighted by Gasteiger charge is -2.28. The molecular weight excluding hydrogens is 282 g/mol. The maximum Gasteiger partial charge on any atom is 0.340 e. The average molecular weight is 299 g/mol. The van der Waals surface area contributed by atoms with Gasteiger partial charge in [-0.2, -0.15) is 0 Å². The largest absolute Gasteiger partial charge is 0.371 e. The van der Waals surface area contributed by atoms with Gasteiger partial charge in [-0.3, -0.25) is 0 Å². The molecule has 0 spiro atoms. The van der Waals surface area contributed by atoms with E-state index < -0.39 is 23.3 Å². The van der Waals surface area contributed by atoms with E-state index in [9.17, 15) is 14.4 Å². The molecule has 3 rings (SSSR count). The summed E-state index contributed by atoms with van der Waals surface area (Å²) in [4.78, 5) is 37.0. The maximum atomic E-state index is 12.4. The van der Waals surface area contributed by atoms with Gasteiger partial charge in [-0.1, -0.05) is 0 Å². The highest BCUT2D eigenvalue weighted by atomic mass is 16.6. The molecule has 0 aromatic carbocycles. The standard InChI is InChI=1S/C12H17N3O6/c1-2-19-7-14-10(16)13(5-8-6-21-8)11(17)15(12(14)18)9-3-4-20-9/h8-9H,2-7H2,1H3. The molecule has 0 amide bonds. The van der Waals surface area contributed by atoms with Crippen molar-refractivity contribution in [2.45, 2.75) is 39.0 Å². The lowest BCUT2D eigenvalue weighted by Crippen LogP contribution is -2.57. The van der Waals surface area contributed by atoms with Gasteiger partial charge in [0.25, 0.3) is 0 Å². The molecule has 21 heavy (non-hydrogen) atoms. The van der Waals surface area contributed by atoms with E-state index in [2.05, 4.69) is 0 Å². The quantitative estimate of drug-likeness (QED) is 0.592. The van der Waals surface area contributed by atoms with Gasteiger partial charge in [0.1, 0.15) is 13.0 Å². The van der Waals surface area contributed by atoms with Gasteiger partial charge < -0.3 is 14.2 Å². The lowest BCUT2D eigenvalue weighted by molar-refractivity contribution is -0.107. The molecule has 2 atom stereocenters. The van der Waals surface area contributed by atoms with E-state index in [-0.39, 0.29) is 19.4 Å². The molecule has 0 aliphatic carbocycles. The van der Waals surface area contributed by atoms with Crippen LogP contribution in [0.4, 0.5) is 0 Å². The fourth-order valence-electron chi connectivity index (χ4n) is 2.15. The summed E-state index contributed by atoms with van der Waals surface area (Å²) in [6.45, 7) is 3.07. The van der Waals surface area contributed by atoms with Crippen LogP contribution in [0.3, 0.4) is 0 Å². The molecule has 9 nitrogen and oxygen atoms in total. The predicted molar refractivity (Wildman–Crippen MR) is 70.2 cm³/mol. The van der Waals surface area contributed by atoms with Crippen LogP contribution in [0.25, 0.3) is 0 Å². The van der Waals surface area contributed by atoms with Crippen molar-refractivity contribution in [1.82, 2.24) is 13.7 Å². The zero-order chi connectivity index (χ0) is 15.0. The molecule has 116 valence electrons. The zero-order valence-corrected chi connectivity index (χ0v) is 11.7. The Labute approximate surface area is 119 Å². The second-order valence-electron chi connectivity index (χ2n) is 4.95. The van der Waals surface area contributed by atoms with Crippen LogP contribution in [-0.2, 0) is 27.5 Å². The van der Waals surface area contributed by atoms with Crippen LogP contribution in [0.5, 0.6) is 0 Å². The molecule has 3 heterocycles. The first kappa shape index (κ1) is 14.2. The summed E-state index contributed by atoms with van der Waals surface area (Å²) in [6, 6.07) is 0. The van der Waals surface area contributed by atoms with Crippen molar-refractivity contribution < 1.29 is 14.2 Å². The van der Waals surface area contributed by atoms with Gasteiger partial charge >= 0.3 is 17.1 Å². The first-order chi connectivity index (χ1) is 10.1. The Balaban J connectivity index is 2.11. The number of rotatable bonds is 6. The summed E-state index contributed by atoms with van der Waals surface area (Å²) < 4.78 is 18.3. The van der Waals surface area contributed by atoms with E-state index in [1.165, 1.54) is 0 Å². The van der Waals surface area contributed by atoms with Crippen LogP contribution in [0.2, 0.25) is 0 Å². The minimum absolute atomic E-state index is 0.136. The van der Waals surface area contributed by atoms with Crippen LogP contribution >= 0.6 is 0 Å². The van der Waals surface area contributed by atoms with Crippen molar-refractivity contribution in [2.75, 3.05) is 19.8 Å². The molecule has 2 saturated heterocycles. The number of hydrogen-bond donors (Lipinski definition) is 0. The highest BCUT2D eigenvalue weighted by molar-refractivity contribution is 4.84. The molecule has 0 saturated carbocycles. The topological polar surface area (TPSA) is 97.0 Å². The normalized spacial score (nSPS) is 23.9. The van der Waals surface area contributed by atoms with Crippen LogP contribution in [-0.4, -0.2) is 39.6 Å². The third-order valence-corrected chi connectivity index (χ3v) is 3.51. The number of ether oxygens (including phenoxy) is 3. The molecule has 0 radical (unpaired) electrons. The number of hydrogen-bond acceptors (Lipinski definition) is 6. The molecule has 1 aromatic rings. The summed E-state index contributed by atoms with van der Waals surface area (Å²) in [6.07, 6.45) is -0.184. The van der Waals surface area contributed by atoms with Crippen molar-refractivity contribution in [1.29, 1.82) is 0 Å². The lowest BCUT2D eigenvalue weighted by atomic mass is 10.3. The van der Waals surface area contributed by atoms with Crippen LogP contribution in [0.1, 0.15) is 19.6 Å². The fraction of sp³-hybridized carbons (Fsp3) is 0.750. The van der Waals surface area contributed by atoms with Gasteiger partial charge in [-0.25, -0.2) is 28.1 Å². The zero-order valence-electron chi connectivity index (χ0n) is 11.7. The van der Waals surface area contributed by atoms with Crippen molar-refractivity contribution in [3.63, 3.8) is 0 Å². The monoisotopic (exact) mass is 299 g/mol. The number of epoxide rings is 1. The van der Waals surface area contributed by atoms with E-state index in [1.807, 2.05) is 0 Å². The van der Waals surface area contributed by atoms with Crippen LogP contribution < -0.4 is 17.1 Å². The Morgan fingerprint density at radius 1 is 1.14 bits per heavy atom. The highest BCUT2D eigenvalue weighted by Crippen LogP contribution is 2.19. The Morgan fingerprint density at radius 2 is 1.81 bits per heavy atom. The van der Waals surface area contributed by atoms with Gasteiger partial charge in [0, 0.05) is 13.0 Å². The summed E-state index contributed by atoms with van der Waals surface area (Å²) >= 11 is 0. The van der Waals surface area contributed by atoms with Crippen LogP contribution in [0.15, 0.2) is 14.4 Å². The molecule has 2 unspecified atom stereocenters. The Kier molecular flexibility index (Phi) is 3.79. The Bertz CT molecular complexity index is 694. The first-order valence-corrected chi connectivity index (χ1v) is 6.90. The van der Waals surface area contributed by atoms with Crippen LogP contribution in [0, 0.1) is 0 Å². The summed E-state index contributed by atoms with van der Waals surface area (Å²) in [5.74, 6) is 0. The van der Waals surface area contributed by atoms with E-state index in [4.69, 9.17) is 14.2 Å². The SMILES string of the molecule is CCOCn1c(=O)n(CC2CO2)c(=O)n(C2CCO2)c1=O. The number of aromatic nitrogens is 3. The Hall–Kier alpha value is -1.71. The Morgan fingerprint density at radius 3 is 2.33 bits per heavy atom. The van der Waals surface area contributed by atoms with Gasteiger partial charge in [-0.15, -0.1) is 0 Å². The maximum absolute atomic E-state index is 12.4. The van der Waals surface area contributed by atoms with Crippen molar-refractivity contribution >= 4 is 0 Å². The van der Waals surface area contributed by atoms with Gasteiger partial charge in [0.05, 0.1) is 25.9 Å². The predicted octanol–water partition coefficient (Wildman–Crippen LogP) is -1.52. The summed E-state index contributed by atoms with van der Waals surface area (Å²) in [7, 11) is 0. The van der Waals surface area contributed by atoms with Gasteiger partial charge in [0.15, 0.2) is 0 Å². The third-order valence-electron chi connectivity index (χ3n) is 3.51. The summed E-state index contributed by atoms with van der Waals surface area (Å²) in [5.41, 5.74) is -2.03. The molecule has 2 fully saturated rings. The van der Waals surface area contributed by atoms with Crippen molar-refractivity contribution in [3.05, 3.63) is 31.5 Å². The minimum Gasteiger partial charge on any atom is -0.371 e. The number of nitrogens with zero attached hydrogens (tertiary/aromatic N) is 3. The smallest absolute Gasteiger partial charge is 0.340 e. The van der Waals surface area contributed by atoms with Gasteiger partial charge in [-0.05, 0) is 6.92 Å². The van der Waals surface area contributed by atoms with Crippen molar-refractivity contribution in [2.24, 2.45) is 0 Å². The van der Waals surface area contributed by atoms with Crippen molar-refractivity contribution in [3.8, 4) is 0 Å². The first-order valence-electron chi connectivity index (χ1n) is 6.90. The average Bonchev–Trinajstić information content (AvgIpc) is 3.21. The molecule has 0 bridgehead atoms. The fourth-order valence-corrected chi connectivity index (χ4v) is 2.15. The molecule has 0 N–H and O–H groups in total. The molecule has 2 aliphatic heterocycles. The molecule has 1 aromatic heterocycles. The summed E-state index contributed by atoms with van der Waals surface area (Å²) in [5, 5.41) is 0. The van der Waals surface area contributed by atoms with E-state index in [1.54, 1.807) is 6.92 Å². The second-order valence-corrected chi connectivity index (χ2v) is 4.95. The van der Waals surface area contributed by atoms with E-state index in [0.717, 1.165) is 13.7 Å². The molecular formula is C12H17N3O6. The van der Waals surface area contributed by atoms with E-state index in [0.29, 0.717) is 26.2 Å². The molecule has 2 aliphatic rings.